The van der Waals surface area contributed by atoms with E-state index in [0.717, 1.165) is 24.0 Å². The first-order valence-corrected chi connectivity index (χ1v) is 9.48. The average molecular weight is 328 g/mol. The van der Waals surface area contributed by atoms with Crippen LogP contribution in [-0.4, -0.2) is 0 Å². The van der Waals surface area contributed by atoms with Crippen LogP contribution in [0.4, 0.5) is 0 Å². The van der Waals surface area contributed by atoms with Crippen molar-refractivity contribution in [2.24, 2.45) is 0 Å². The summed E-state index contributed by atoms with van der Waals surface area (Å²) in [6, 6.07) is 17.1. The zero-order valence-electron chi connectivity index (χ0n) is 15.9. The smallest absolute Gasteiger partial charge is 0.0255 e. The van der Waals surface area contributed by atoms with Gasteiger partial charge in [-0.3, -0.25) is 0 Å². The first-order valence-electron chi connectivity index (χ1n) is 9.48. The van der Waals surface area contributed by atoms with Gasteiger partial charge in [0.15, 0.2) is 0 Å². The predicted molar refractivity (Wildman–Crippen MR) is 109 cm³/mol. The zero-order valence-corrected chi connectivity index (χ0v) is 15.9. The highest BCUT2D eigenvalue weighted by Gasteiger charge is 2.30. The monoisotopic (exact) mass is 328 g/mol. The van der Waals surface area contributed by atoms with Crippen molar-refractivity contribution < 1.29 is 0 Å². The Morgan fingerprint density at radius 2 is 1.60 bits per heavy atom. The minimum Gasteiger partial charge on any atom is -0.0669 e. The van der Waals surface area contributed by atoms with Crippen LogP contribution >= 0.6 is 0 Å². The van der Waals surface area contributed by atoms with E-state index in [0.29, 0.717) is 0 Å². The molecule has 0 amide bonds. The molecule has 0 nitrogen and oxygen atoms in total. The van der Waals surface area contributed by atoms with Gasteiger partial charge >= 0.3 is 0 Å². The summed E-state index contributed by atoms with van der Waals surface area (Å²) < 4.78 is 0. The number of fused-ring (bicyclic) bond motifs is 1. The average Bonchev–Trinajstić information content (AvgIpc) is 2.63. The molecule has 2 aromatic rings. The van der Waals surface area contributed by atoms with Gasteiger partial charge in [0.25, 0.3) is 0 Å². The van der Waals surface area contributed by atoms with Crippen molar-refractivity contribution in [3.63, 3.8) is 0 Å². The molecule has 2 aromatic carbocycles. The summed E-state index contributed by atoms with van der Waals surface area (Å²) in [4.78, 5) is 0. The molecule has 0 fully saturated rings. The Balaban J connectivity index is 2.08. The normalized spacial score (nSPS) is 15.1. The van der Waals surface area contributed by atoms with Gasteiger partial charge in [-0.1, -0.05) is 69.4 Å². The van der Waals surface area contributed by atoms with Gasteiger partial charge in [-0.15, -0.1) is 0 Å². The molecule has 0 bridgehead atoms. The molecule has 0 saturated heterocycles. The SMILES string of the molecule is CCC(CC)=C1CCC(C)(C)c2ccc(C#Cc3ccccc3)cc21. The predicted octanol–water partition coefficient (Wildman–Crippen LogP) is 6.73. The Morgan fingerprint density at radius 1 is 0.920 bits per heavy atom. The molecule has 1 aliphatic rings. The zero-order chi connectivity index (χ0) is 17.9. The molecule has 0 aliphatic heterocycles. The topological polar surface area (TPSA) is 0 Å². The van der Waals surface area contributed by atoms with Crippen molar-refractivity contribution in [1.29, 1.82) is 0 Å². The molecule has 0 heteroatoms. The number of benzene rings is 2. The van der Waals surface area contributed by atoms with Gasteiger partial charge < -0.3 is 0 Å². The van der Waals surface area contributed by atoms with Gasteiger partial charge in [-0.2, -0.15) is 0 Å². The summed E-state index contributed by atoms with van der Waals surface area (Å²) in [6.07, 6.45) is 4.71. The standard InChI is InChI=1S/C25H28/c1-5-21(6-2)22-16-17-25(3,4)24-15-14-20(18-23(22)24)13-12-19-10-8-7-9-11-19/h7-11,14-15,18H,5-6,16-17H2,1-4H3. The van der Waals surface area contributed by atoms with Crippen LogP contribution in [0.25, 0.3) is 5.57 Å². The fourth-order valence-corrected chi connectivity index (χ4v) is 3.88. The second-order valence-electron chi connectivity index (χ2n) is 7.55. The second-order valence-corrected chi connectivity index (χ2v) is 7.55. The van der Waals surface area contributed by atoms with Crippen LogP contribution in [0.3, 0.4) is 0 Å². The third kappa shape index (κ3) is 3.72. The largest absolute Gasteiger partial charge is 0.0669 e. The summed E-state index contributed by atoms with van der Waals surface area (Å²) in [5.41, 5.74) is 8.53. The van der Waals surface area contributed by atoms with E-state index in [1.807, 2.05) is 18.2 Å². The van der Waals surface area contributed by atoms with Gasteiger partial charge in [0, 0.05) is 11.1 Å². The van der Waals surface area contributed by atoms with E-state index >= 15 is 0 Å². The van der Waals surface area contributed by atoms with Crippen molar-refractivity contribution in [3.05, 3.63) is 76.4 Å². The number of rotatable bonds is 2. The molecule has 0 spiro atoms. The molecule has 25 heavy (non-hydrogen) atoms. The lowest BCUT2D eigenvalue weighted by Gasteiger charge is -2.35. The number of hydrogen-bond donors (Lipinski definition) is 0. The van der Waals surface area contributed by atoms with Crippen molar-refractivity contribution >= 4 is 5.57 Å². The molecular weight excluding hydrogens is 300 g/mol. The highest BCUT2D eigenvalue weighted by molar-refractivity contribution is 5.75. The summed E-state index contributed by atoms with van der Waals surface area (Å²) in [5, 5.41) is 0. The molecule has 0 aromatic heterocycles. The maximum absolute atomic E-state index is 3.36. The molecule has 0 saturated carbocycles. The molecular formula is C25H28. The van der Waals surface area contributed by atoms with Crippen LogP contribution in [0.5, 0.6) is 0 Å². The number of allylic oxidation sites excluding steroid dienone is 2. The van der Waals surface area contributed by atoms with Crippen molar-refractivity contribution in [3.8, 4) is 11.8 Å². The van der Waals surface area contributed by atoms with Crippen molar-refractivity contribution in [1.82, 2.24) is 0 Å². The van der Waals surface area contributed by atoms with Crippen LogP contribution in [0.15, 0.2) is 54.1 Å². The van der Waals surface area contributed by atoms with Crippen LogP contribution in [0, 0.1) is 11.8 Å². The minimum atomic E-state index is 0.247. The van der Waals surface area contributed by atoms with Gasteiger partial charge in [-0.25, -0.2) is 0 Å². The van der Waals surface area contributed by atoms with Gasteiger partial charge in [0.05, 0.1) is 0 Å². The molecule has 0 unspecified atom stereocenters. The fourth-order valence-electron chi connectivity index (χ4n) is 3.88. The van der Waals surface area contributed by atoms with E-state index in [9.17, 15) is 0 Å². The Bertz CT molecular complexity index is 833. The Morgan fingerprint density at radius 3 is 2.28 bits per heavy atom. The fraction of sp³-hybridized carbons (Fsp3) is 0.360. The Labute approximate surface area is 153 Å². The third-order valence-corrected chi connectivity index (χ3v) is 5.48. The maximum atomic E-state index is 3.36. The highest BCUT2D eigenvalue weighted by Crippen LogP contribution is 2.44. The second kappa shape index (κ2) is 7.32. The van der Waals surface area contributed by atoms with E-state index in [2.05, 4.69) is 69.9 Å². The van der Waals surface area contributed by atoms with Crippen LogP contribution in [0.2, 0.25) is 0 Å². The Kier molecular flexibility index (Phi) is 5.14. The first-order chi connectivity index (χ1) is 12.0. The lowest BCUT2D eigenvalue weighted by Crippen LogP contribution is -2.23. The summed E-state index contributed by atoms with van der Waals surface area (Å²) in [6.45, 7) is 9.31. The molecule has 1 aliphatic carbocycles. The van der Waals surface area contributed by atoms with E-state index < -0.39 is 0 Å². The lowest BCUT2D eigenvalue weighted by molar-refractivity contribution is 0.473. The van der Waals surface area contributed by atoms with Crippen molar-refractivity contribution in [2.45, 2.75) is 58.8 Å². The summed E-state index contributed by atoms with van der Waals surface area (Å²) in [5.74, 6) is 6.66. The quantitative estimate of drug-likeness (QED) is 0.536. The van der Waals surface area contributed by atoms with E-state index in [1.54, 1.807) is 11.1 Å². The molecule has 0 heterocycles. The molecule has 0 N–H and O–H groups in total. The van der Waals surface area contributed by atoms with E-state index in [-0.39, 0.29) is 5.41 Å². The van der Waals surface area contributed by atoms with Gasteiger partial charge in [0.1, 0.15) is 0 Å². The van der Waals surface area contributed by atoms with Crippen LogP contribution in [0.1, 0.15) is 75.6 Å². The van der Waals surface area contributed by atoms with E-state index in [1.165, 1.54) is 24.0 Å². The third-order valence-electron chi connectivity index (χ3n) is 5.48. The Hall–Kier alpha value is -2.26. The first kappa shape index (κ1) is 17.6. The van der Waals surface area contributed by atoms with Crippen molar-refractivity contribution in [2.75, 3.05) is 0 Å². The van der Waals surface area contributed by atoms with Crippen LogP contribution < -0.4 is 0 Å². The summed E-state index contributed by atoms with van der Waals surface area (Å²) in [7, 11) is 0. The summed E-state index contributed by atoms with van der Waals surface area (Å²) >= 11 is 0. The molecule has 0 atom stereocenters. The maximum Gasteiger partial charge on any atom is 0.0255 e. The molecule has 128 valence electrons. The van der Waals surface area contributed by atoms with Gasteiger partial charge in [0.2, 0.25) is 0 Å². The lowest BCUT2D eigenvalue weighted by atomic mass is 9.69. The molecule has 3 rings (SSSR count). The highest BCUT2D eigenvalue weighted by atomic mass is 14.3. The van der Waals surface area contributed by atoms with Crippen LogP contribution in [-0.2, 0) is 5.41 Å². The van der Waals surface area contributed by atoms with E-state index in [4.69, 9.17) is 0 Å². The molecule has 0 radical (unpaired) electrons. The van der Waals surface area contributed by atoms with Gasteiger partial charge in [-0.05, 0) is 72.1 Å². The number of hydrogen-bond acceptors (Lipinski definition) is 0. The minimum absolute atomic E-state index is 0.247.